The van der Waals surface area contributed by atoms with Gasteiger partial charge in [-0.05, 0) is 37.0 Å². The van der Waals surface area contributed by atoms with E-state index >= 15 is 0 Å². The van der Waals surface area contributed by atoms with Crippen LogP contribution in [-0.2, 0) is 11.3 Å². The van der Waals surface area contributed by atoms with Crippen LogP contribution in [0.5, 0.6) is 5.75 Å². The summed E-state index contributed by atoms with van der Waals surface area (Å²) in [5.41, 5.74) is 3.38. The van der Waals surface area contributed by atoms with Gasteiger partial charge in [0.05, 0.1) is 6.61 Å². The molecule has 1 heterocycles. The second kappa shape index (κ2) is 7.68. The van der Waals surface area contributed by atoms with E-state index in [4.69, 9.17) is 4.74 Å². The van der Waals surface area contributed by atoms with Crippen molar-refractivity contribution in [3.63, 3.8) is 0 Å². The van der Waals surface area contributed by atoms with Crippen molar-refractivity contribution in [1.82, 2.24) is 9.80 Å². The molecule has 2 rings (SSSR count). The summed E-state index contributed by atoms with van der Waals surface area (Å²) in [7, 11) is 0. The number of phenols is 1. The Kier molecular flexibility index (Phi) is 5.88. The predicted molar refractivity (Wildman–Crippen MR) is 90.8 cm³/mol. The lowest BCUT2D eigenvalue weighted by molar-refractivity contribution is 0.0776. The molecule has 1 aromatic rings. The fourth-order valence-corrected chi connectivity index (χ4v) is 3.05. The third-order valence-electron chi connectivity index (χ3n) is 4.38. The first-order chi connectivity index (χ1) is 10.9. The summed E-state index contributed by atoms with van der Waals surface area (Å²) in [5.74, 6) is 0.801. The van der Waals surface area contributed by atoms with Crippen LogP contribution in [0.4, 0.5) is 4.79 Å². The predicted octanol–water partition coefficient (Wildman–Crippen LogP) is 3.10. The minimum Gasteiger partial charge on any atom is -0.508 e. The van der Waals surface area contributed by atoms with Crippen molar-refractivity contribution in [1.29, 1.82) is 0 Å². The maximum Gasteiger partial charge on any atom is 0.409 e. The molecule has 5 heteroatoms. The quantitative estimate of drug-likeness (QED) is 0.926. The zero-order valence-electron chi connectivity index (χ0n) is 14.6. The number of rotatable bonds is 4. The van der Waals surface area contributed by atoms with Crippen molar-refractivity contribution < 1.29 is 14.6 Å². The SMILES string of the molecule is CCOC(=O)N1CCN(Cc2cc(C(C)C)c(C)cc2O)CC1. The monoisotopic (exact) mass is 320 g/mol. The van der Waals surface area contributed by atoms with E-state index in [0.717, 1.165) is 24.2 Å². The van der Waals surface area contributed by atoms with Crippen LogP contribution in [0, 0.1) is 6.92 Å². The van der Waals surface area contributed by atoms with Gasteiger partial charge >= 0.3 is 6.09 Å². The van der Waals surface area contributed by atoms with Crippen molar-refractivity contribution in [3.05, 3.63) is 28.8 Å². The topological polar surface area (TPSA) is 53.0 Å². The zero-order chi connectivity index (χ0) is 17.0. The Labute approximate surface area is 138 Å². The number of hydrogen-bond acceptors (Lipinski definition) is 4. The van der Waals surface area contributed by atoms with Crippen molar-refractivity contribution in [2.45, 2.75) is 40.2 Å². The summed E-state index contributed by atoms with van der Waals surface area (Å²) >= 11 is 0. The lowest BCUT2D eigenvalue weighted by Gasteiger charge is -2.34. The third-order valence-corrected chi connectivity index (χ3v) is 4.38. The normalized spacial score (nSPS) is 16.0. The number of aromatic hydroxyl groups is 1. The Balaban J connectivity index is 1.99. The molecule has 0 saturated carbocycles. The van der Waals surface area contributed by atoms with E-state index in [0.29, 0.717) is 37.9 Å². The Bertz CT molecular complexity index is 549. The first-order valence-electron chi connectivity index (χ1n) is 8.38. The maximum atomic E-state index is 11.7. The summed E-state index contributed by atoms with van der Waals surface area (Å²) in [5, 5.41) is 10.2. The summed E-state index contributed by atoms with van der Waals surface area (Å²) < 4.78 is 5.04. The number of nitrogens with zero attached hydrogens (tertiary/aromatic N) is 2. The van der Waals surface area contributed by atoms with Gasteiger partial charge in [-0.15, -0.1) is 0 Å². The third kappa shape index (κ3) is 4.38. The highest BCUT2D eigenvalue weighted by Crippen LogP contribution is 2.28. The zero-order valence-corrected chi connectivity index (χ0v) is 14.6. The van der Waals surface area contributed by atoms with E-state index in [1.165, 1.54) is 5.56 Å². The lowest BCUT2D eigenvalue weighted by atomic mass is 9.95. The Morgan fingerprint density at radius 3 is 2.48 bits per heavy atom. The van der Waals surface area contributed by atoms with Crippen LogP contribution in [0.2, 0.25) is 0 Å². The smallest absolute Gasteiger partial charge is 0.409 e. The molecular formula is C18H28N2O3. The second-order valence-electron chi connectivity index (χ2n) is 6.45. The number of amides is 1. The molecule has 0 unspecified atom stereocenters. The lowest BCUT2D eigenvalue weighted by Crippen LogP contribution is -2.48. The van der Waals surface area contributed by atoms with Crippen LogP contribution in [0.3, 0.4) is 0 Å². The van der Waals surface area contributed by atoms with Crippen LogP contribution >= 0.6 is 0 Å². The minimum atomic E-state index is -0.229. The number of ether oxygens (including phenoxy) is 1. The number of piperazine rings is 1. The second-order valence-corrected chi connectivity index (χ2v) is 6.45. The van der Waals surface area contributed by atoms with Crippen LogP contribution < -0.4 is 0 Å². The molecule has 0 atom stereocenters. The van der Waals surface area contributed by atoms with Crippen molar-refractivity contribution in [2.24, 2.45) is 0 Å². The Morgan fingerprint density at radius 1 is 1.26 bits per heavy atom. The highest BCUT2D eigenvalue weighted by Gasteiger charge is 2.22. The average Bonchev–Trinajstić information content (AvgIpc) is 2.50. The molecule has 0 radical (unpaired) electrons. The molecular weight excluding hydrogens is 292 g/mol. The Hall–Kier alpha value is -1.75. The van der Waals surface area contributed by atoms with Crippen molar-refractivity contribution >= 4 is 6.09 Å². The molecule has 0 spiro atoms. The van der Waals surface area contributed by atoms with Crippen molar-refractivity contribution in [2.75, 3.05) is 32.8 Å². The standard InChI is InChI=1S/C18H28N2O3/c1-5-23-18(22)20-8-6-19(7-9-20)12-15-11-16(13(2)3)14(4)10-17(15)21/h10-11,13,21H,5-9,12H2,1-4H3. The van der Waals surface area contributed by atoms with Gasteiger partial charge in [-0.25, -0.2) is 4.79 Å². The van der Waals surface area contributed by atoms with Gasteiger partial charge in [0.1, 0.15) is 5.75 Å². The molecule has 1 aliphatic rings. The first kappa shape index (κ1) is 17.6. The molecule has 1 N–H and O–H groups in total. The molecule has 1 aromatic carbocycles. The van der Waals surface area contributed by atoms with Gasteiger partial charge in [0.25, 0.3) is 0 Å². The van der Waals surface area contributed by atoms with Crippen LogP contribution in [0.25, 0.3) is 0 Å². The average molecular weight is 320 g/mol. The number of carbonyl (C=O) groups excluding carboxylic acids is 1. The van der Waals surface area contributed by atoms with E-state index in [9.17, 15) is 9.90 Å². The van der Waals surface area contributed by atoms with E-state index in [-0.39, 0.29) is 6.09 Å². The number of carbonyl (C=O) groups is 1. The molecule has 1 fully saturated rings. The fraction of sp³-hybridized carbons (Fsp3) is 0.611. The highest BCUT2D eigenvalue weighted by atomic mass is 16.6. The number of hydrogen-bond donors (Lipinski definition) is 1. The molecule has 0 aliphatic carbocycles. The van der Waals surface area contributed by atoms with Gasteiger partial charge in [0.2, 0.25) is 0 Å². The van der Waals surface area contributed by atoms with Crippen LogP contribution in [0.1, 0.15) is 43.4 Å². The largest absolute Gasteiger partial charge is 0.508 e. The van der Waals surface area contributed by atoms with Gasteiger partial charge in [0, 0.05) is 38.3 Å². The first-order valence-corrected chi connectivity index (χ1v) is 8.38. The van der Waals surface area contributed by atoms with Gasteiger partial charge in [-0.1, -0.05) is 19.9 Å². The number of benzene rings is 1. The van der Waals surface area contributed by atoms with Gasteiger partial charge in [0.15, 0.2) is 0 Å². The maximum absolute atomic E-state index is 11.7. The van der Waals surface area contributed by atoms with Gasteiger partial charge in [-0.2, -0.15) is 0 Å². The van der Waals surface area contributed by atoms with Crippen LogP contribution in [-0.4, -0.2) is 53.8 Å². The van der Waals surface area contributed by atoms with E-state index in [2.05, 4.69) is 24.8 Å². The molecule has 0 bridgehead atoms. The molecule has 1 saturated heterocycles. The summed E-state index contributed by atoms with van der Waals surface area (Å²) in [4.78, 5) is 15.7. The Morgan fingerprint density at radius 2 is 1.91 bits per heavy atom. The summed E-state index contributed by atoms with van der Waals surface area (Å²) in [6.07, 6.45) is -0.229. The molecule has 23 heavy (non-hydrogen) atoms. The van der Waals surface area contributed by atoms with Gasteiger partial charge < -0.3 is 14.7 Å². The molecule has 1 aliphatic heterocycles. The summed E-state index contributed by atoms with van der Waals surface area (Å²) in [6, 6.07) is 3.98. The highest BCUT2D eigenvalue weighted by molar-refractivity contribution is 5.67. The number of phenolic OH excluding ortho intramolecular Hbond substituents is 1. The summed E-state index contributed by atoms with van der Waals surface area (Å²) in [6.45, 7) is 12.2. The van der Waals surface area contributed by atoms with Crippen molar-refractivity contribution in [3.8, 4) is 5.75 Å². The molecule has 128 valence electrons. The molecule has 5 nitrogen and oxygen atoms in total. The fourth-order valence-electron chi connectivity index (χ4n) is 3.05. The minimum absolute atomic E-state index is 0.229. The van der Waals surface area contributed by atoms with Crippen LogP contribution in [0.15, 0.2) is 12.1 Å². The number of aryl methyl sites for hydroxylation is 1. The van der Waals surface area contributed by atoms with E-state index < -0.39 is 0 Å². The van der Waals surface area contributed by atoms with E-state index in [1.54, 1.807) is 4.90 Å². The molecule has 0 aromatic heterocycles. The van der Waals surface area contributed by atoms with Gasteiger partial charge in [-0.3, -0.25) is 4.90 Å². The molecule has 1 amide bonds. The van der Waals surface area contributed by atoms with E-state index in [1.807, 2.05) is 19.9 Å².